The molecule has 2 aromatic rings. The third-order valence-electron chi connectivity index (χ3n) is 3.62. The fourth-order valence-corrected chi connectivity index (χ4v) is 2.52. The van der Waals surface area contributed by atoms with Crippen molar-refractivity contribution < 1.29 is 5.11 Å². The second kappa shape index (κ2) is 7.39. The Kier molecular flexibility index (Phi) is 5.54. The maximum Gasteiger partial charge on any atom is 0.106 e. The molecule has 2 nitrogen and oxygen atoms in total. The molecule has 2 rings (SSSR count). The Hall–Kier alpha value is -1.64. The first-order valence-electron chi connectivity index (χ1n) is 7.63. The molecule has 2 heteroatoms. The van der Waals surface area contributed by atoms with Gasteiger partial charge in [-0.1, -0.05) is 74.5 Å². The summed E-state index contributed by atoms with van der Waals surface area (Å²) in [4.78, 5) is 0. The molecule has 0 heterocycles. The lowest BCUT2D eigenvalue weighted by Gasteiger charge is -2.30. The van der Waals surface area contributed by atoms with Crippen molar-refractivity contribution in [2.75, 3.05) is 13.1 Å². The second-order valence-corrected chi connectivity index (χ2v) is 6.08. The molecule has 0 fully saturated rings. The average Bonchev–Trinajstić information content (AvgIpc) is 2.49. The van der Waals surface area contributed by atoms with Gasteiger partial charge in [0.1, 0.15) is 5.60 Å². The Morgan fingerprint density at radius 1 is 0.952 bits per heavy atom. The number of aliphatic hydroxyl groups is 1. The van der Waals surface area contributed by atoms with Crippen molar-refractivity contribution in [1.29, 1.82) is 0 Å². The van der Waals surface area contributed by atoms with Crippen LogP contribution in [-0.4, -0.2) is 18.2 Å². The molecule has 0 spiro atoms. The summed E-state index contributed by atoms with van der Waals surface area (Å²) in [5.74, 6) is 0.571. The fraction of sp³-hybridized carbons (Fsp3) is 0.368. The molecule has 0 aliphatic rings. The number of hydrogen-bond donors (Lipinski definition) is 2. The molecule has 112 valence electrons. The third-order valence-corrected chi connectivity index (χ3v) is 3.62. The number of hydrogen-bond acceptors (Lipinski definition) is 2. The predicted molar refractivity (Wildman–Crippen MR) is 88.2 cm³/mol. The molecule has 1 atom stereocenters. The number of rotatable bonds is 7. The molecular weight excluding hydrogens is 258 g/mol. The largest absolute Gasteiger partial charge is 0.383 e. The third kappa shape index (κ3) is 4.69. The highest BCUT2D eigenvalue weighted by Gasteiger charge is 2.29. The Morgan fingerprint density at radius 3 is 2.10 bits per heavy atom. The molecule has 0 amide bonds. The predicted octanol–water partition coefficient (Wildman–Crippen LogP) is 3.36. The number of benzene rings is 2. The van der Waals surface area contributed by atoms with E-state index in [0.717, 1.165) is 17.7 Å². The molecule has 0 aliphatic carbocycles. The van der Waals surface area contributed by atoms with Gasteiger partial charge in [-0.2, -0.15) is 0 Å². The summed E-state index contributed by atoms with van der Waals surface area (Å²) in [6.07, 6.45) is 0.614. The molecule has 2 aromatic carbocycles. The van der Waals surface area contributed by atoms with Gasteiger partial charge in [-0.3, -0.25) is 0 Å². The van der Waals surface area contributed by atoms with Gasteiger partial charge in [0.15, 0.2) is 0 Å². The van der Waals surface area contributed by atoms with E-state index in [-0.39, 0.29) is 0 Å². The first kappa shape index (κ1) is 15.7. The van der Waals surface area contributed by atoms with Gasteiger partial charge in [0, 0.05) is 13.0 Å². The van der Waals surface area contributed by atoms with Crippen LogP contribution in [0.2, 0.25) is 0 Å². The SMILES string of the molecule is CC(C)CNCC(O)(Cc1ccccc1)c1ccccc1. The van der Waals surface area contributed by atoms with E-state index in [1.54, 1.807) is 0 Å². The monoisotopic (exact) mass is 283 g/mol. The van der Waals surface area contributed by atoms with Crippen LogP contribution in [0.15, 0.2) is 60.7 Å². The molecule has 0 aliphatic heterocycles. The summed E-state index contributed by atoms with van der Waals surface area (Å²) in [7, 11) is 0. The van der Waals surface area contributed by atoms with Gasteiger partial charge in [0.2, 0.25) is 0 Å². The van der Waals surface area contributed by atoms with Gasteiger partial charge in [-0.05, 0) is 23.6 Å². The Bertz CT molecular complexity index is 524. The lowest BCUT2D eigenvalue weighted by molar-refractivity contribution is 0.0364. The minimum Gasteiger partial charge on any atom is -0.383 e. The van der Waals surface area contributed by atoms with Gasteiger partial charge in [-0.15, -0.1) is 0 Å². The van der Waals surface area contributed by atoms with E-state index in [4.69, 9.17) is 0 Å². The van der Waals surface area contributed by atoms with Crippen LogP contribution in [0.25, 0.3) is 0 Å². The van der Waals surface area contributed by atoms with Gasteiger partial charge in [0.25, 0.3) is 0 Å². The molecule has 0 saturated carbocycles. The summed E-state index contributed by atoms with van der Waals surface area (Å²) in [6.45, 7) is 5.81. The van der Waals surface area contributed by atoms with Gasteiger partial charge in [0.05, 0.1) is 0 Å². The molecule has 0 radical (unpaired) electrons. The van der Waals surface area contributed by atoms with Crippen LogP contribution in [0.4, 0.5) is 0 Å². The lowest BCUT2D eigenvalue weighted by Crippen LogP contribution is -2.41. The van der Waals surface area contributed by atoms with E-state index in [9.17, 15) is 5.11 Å². The highest BCUT2D eigenvalue weighted by molar-refractivity contribution is 5.27. The Balaban J connectivity index is 2.17. The summed E-state index contributed by atoms with van der Waals surface area (Å²) in [6, 6.07) is 20.1. The molecule has 0 bridgehead atoms. The normalized spacial score (nSPS) is 14.1. The summed E-state index contributed by atoms with van der Waals surface area (Å²) in [5.41, 5.74) is 1.23. The minimum absolute atomic E-state index is 0.560. The van der Waals surface area contributed by atoms with Crippen molar-refractivity contribution in [2.45, 2.75) is 25.9 Å². The van der Waals surface area contributed by atoms with Crippen LogP contribution in [0.3, 0.4) is 0 Å². The van der Waals surface area contributed by atoms with Crippen molar-refractivity contribution in [3.8, 4) is 0 Å². The fourth-order valence-electron chi connectivity index (χ4n) is 2.52. The van der Waals surface area contributed by atoms with Crippen LogP contribution < -0.4 is 5.32 Å². The molecule has 1 unspecified atom stereocenters. The lowest BCUT2D eigenvalue weighted by atomic mass is 9.87. The van der Waals surface area contributed by atoms with Crippen LogP contribution in [0.5, 0.6) is 0 Å². The molecular formula is C19H25NO. The Morgan fingerprint density at radius 2 is 1.52 bits per heavy atom. The maximum absolute atomic E-state index is 11.2. The summed E-state index contributed by atoms with van der Waals surface area (Å²) < 4.78 is 0. The zero-order chi connectivity index (χ0) is 15.1. The quantitative estimate of drug-likeness (QED) is 0.816. The van der Waals surface area contributed by atoms with E-state index in [0.29, 0.717) is 18.9 Å². The molecule has 21 heavy (non-hydrogen) atoms. The standard InChI is InChI=1S/C19H25NO/c1-16(2)14-20-15-19(21,18-11-7-4-8-12-18)13-17-9-5-3-6-10-17/h3-12,16,20-21H,13-15H2,1-2H3. The first-order valence-corrected chi connectivity index (χ1v) is 7.63. The first-order chi connectivity index (χ1) is 10.1. The van der Waals surface area contributed by atoms with Crippen LogP contribution >= 0.6 is 0 Å². The zero-order valence-corrected chi connectivity index (χ0v) is 12.9. The molecule has 0 saturated heterocycles. The van der Waals surface area contributed by atoms with E-state index < -0.39 is 5.60 Å². The van der Waals surface area contributed by atoms with Gasteiger partial charge < -0.3 is 10.4 Å². The minimum atomic E-state index is -0.877. The van der Waals surface area contributed by atoms with Crippen molar-refractivity contribution in [3.05, 3.63) is 71.8 Å². The van der Waals surface area contributed by atoms with E-state index in [1.807, 2.05) is 48.5 Å². The highest BCUT2D eigenvalue weighted by atomic mass is 16.3. The summed E-state index contributed by atoms with van der Waals surface area (Å²) in [5, 5.41) is 14.6. The highest BCUT2D eigenvalue weighted by Crippen LogP contribution is 2.25. The molecule has 0 aromatic heterocycles. The second-order valence-electron chi connectivity index (χ2n) is 6.08. The van der Waals surface area contributed by atoms with Crippen molar-refractivity contribution in [3.63, 3.8) is 0 Å². The van der Waals surface area contributed by atoms with Crippen LogP contribution in [-0.2, 0) is 12.0 Å². The van der Waals surface area contributed by atoms with E-state index in [1.165, 1.54) is 0 Å². The van der Waals surface area contributed by atoms with Gasteiger partial charge >= 0.3 is 0 Å². The van der Waals surface area contributed by atoms with Crippen LogP contribution in [0.1, 0.15) is 25.0 Å². The molecule has 2 N–H and O–H groups in total. The van der Waals surface area contributed by atoms with E-state index >= 15 is 0 Å². The van der Waals surface area contributed by atoms with Crippen LogP contribution in [0, 0.1) is 5.92 Å². The average molecular weight is 283 g/mol. The summed E-state index contributed by atoms with van der Waals surface area (Å²) >= 11 is 0. The van der Waals surface area contributed by atoms with Crippen molar-refractivity contribution in [1.82, 2.24) is 5.32 Å². The van der Waals surface area contributed by atoms with Crippen molar-refractivity contribution >= 4 is 0 Å². The van der Waals surface area contributed by atoms with Gasteiger partial charge in [-0.25, -0.2) is 0 Å². The Labute approximate surface area is 127 Å². The smallest absolute Gasteiger partial charge is 0.106 e. The van der Waals surface area contributed by atoms with Crippen molar-refractivity contribution in [2.24, 2.45) is 5.92 Å². The number of nitrogens with one attached hydrogen (secondary N) is 1. The topological polar surface area (TPSA) is 32.3 Å². The maximum atomic E-state index is 11.2. The van der Waals surface area contributed by atoms with E-state index in [2.05, 4.69) is 31.3 Å². The zero-order valence-electron chi connectivity index (χ0n) is 12.9.